The van der Waals surface area contributed by atoms with Crippen LogP contribution in [0.5, 0.6) is 0 Å². The Balaban J connectivity index is 1.57. The van der Waals surface area contributed by atoms with Gasteiger partial charge >= 0.3 is 0 Å². The molecule has 27 heavy (non-hydrogen) atoms. The Morgan fingerprint density at radius 3 is 2.63 bits per heavy atom. The molecule has 4 nitrogen and oxygen atoms in total. The van der Waals surface area contributed by atoms with Crippen LogP contribution in [0.3, 0.4) is 0 Å². The molecule has 1 amide bonds. The number of aromatic nitrogens is 1. The van der Waals surface area contributed by atoms with Crippen molar-refractivity contribution >= 4 is 23.7 Å². The SMILES string of the molecule is Cc1ccc(SCCNC(=O)C(C#N)=Cc2cc(C)n(C3CC3)c2C)cc1. The molecule has 5 heteroatoms. The lowest BCUT2D eigenvalue weighted by Crippen LogP contribution is -2.26. The third-order valence-corrected chi connectivity index (χ3v) is 5.79. The molecule has 1 aromatic heterocycles. The van der Waals surface area contributed by atoms with Crippen molar-refractivity contribution in [2.24, 2.45) is 0 Å². The maximum atomic E-state index is 12.4. The summed E-state index contributed by atoms with van der Waals surface area (Å²) in [5, 5.41) is 12.3. The van der Waals surface area contributed by atoms with E-state index in [-0.39, 0.29) is 11.5 Å². The van der Waals surface area contributed by atoms with Gasteiger partial charge in [-0.05, 0) is 63.5 Å². The predicted molar refractivity (Wildman–Crippen MR) is 111 cm³/mol. The highest BCUT2D eigenvalue weighted by Crippen LogP contribution is 2.38. The van der Waals surface area contributed by atoms with Gasteiger partial charge in [-0.3, -0.25) is 4.79 Å². The second kappa shape index (κ2) is 8.49. The first kappa shape index (κ1) is 19.3. The van der Waals surface area contributed by atoms with E-state index in [0.717, 1.165) is 17.0 Å². The second-order valence-corrected chi connectivity index (χ2v) is 8.18. The largest absolute Gasteiger partial charge is 0.351 e. The van der Waals surface area contributed by atoms with Crippen LogP contribution in [0.1, 0.15) is 41.4 Å². The Bertz CT molecular complexity index is 899. The smallest absolute Gasteiger partial charge is 0.261 e. The van der Waals surface area contributed by atoms with Gasteiger partial charge in [0.05, 0.1) is 0 Å². The van der Waals surface area contributed by atoms with E-state index in [1.807, 2.05) is 6.07 Å². The van der Waals surface area contributed by atoms with Gasteiger partial charge < -0.3 is 9.88 Å². The van der Waals surface area contributed by atoms with Crippen LogP contribution in [0, 0.1) is 32.1 Å². The zero-order valence-corrected chi connectivity index (χ0v) is 16.9. The van der Waals surface area contributed by atoms with Crippen LogP contribution in [0.15, 0.2) is 40.8 Å². The Kier molecular flexibility index (Phi) is 6.08. The van der Waals surface area contributed by atoms with E-state index in [9.17, 15) is 10.1 Å². The minimum absolute atomic E-state index is 0.159. The number of hydrogen-bond acceptors (Lipinski definition) is 3. The summed E-state index contributed by atoms with van der Waals surface area (Å²) in [6, 6.07) is 13.0. The highest BCUT2D eigenvalue weighted by Gasteiger charge is 2.26. The van der Waals surface area contributed by atoms with Gasteiger partial charge in [-0.2, -0.15) is 5.26 Å². The first-order chi connectivity index (χ1) is 13.0. The highest BCUT2D eigenvalue weighted by molar-refractivity contribution is 7.99. The number of rotatable bonds is 7. The second-order valence-electron chi connectivity index (χ2n) is 7.01. The van der Waals surface area contributed by atoms with Gasteiger partial charge in [0.25, 0.3) is 5.91 Å². The zero-order chi connectivity index (χ0) is 19.4. The van der Waals surface area contributed by atoms with E-state index in [1.54, 1.807) is 17.8 Å². The number of carbonyl (C=O) groups is 1. The summed E-state index contributed by atoms with van der Waals surface area (Å²) in [6.07, 6.45) is 4.14. The monoisotopic (exact) mass is 379 g/mol. The van der Waals surface area contributed by atoms with Gasteiger partial charge in [0, 0.05) is 34.6 Å². The van der Waals surface area contributed by atoms with Crippen molar-refractivity contribution in [2.45, 2.75) is 44.6 Å². The fraction of sp³-hybridized carbons (Fsp3) is 0.364. The fourth-order valence-electron chi connectivity index (χ4n) is 3.21. The molecular formula is C22H25N3OS. The number of nitrogens with zero attached hydrogens (tertiary/aromatic N) is 2. The maximum absolute atomic E-state index is 12.4. The third kappa shape index (κ3) is 4.84. The molecule has 1 aliphatic carbocycles. The molecule has 2 aromatic rings. The van der Waals surface area contributed by atoms with Gasteiger partial charge in [-0.15, -0.1) is 11.8 Å². The summed E-state index contributed by atoms with van der Waals surface area (Å²) in [7, 11) is 0. The number of hydrogen-bond donors (Lipinski definition) is 1. The van der Waals surface area contributed by atoms with Gasteiger partial charge in [0.1, 0.15) is 11.6 Å². The van der Waals surface area contributed by atoms with Crippen LogP contribution in [0.25, 0.3) is 6.08 Å². The van der Waals surface area contributed by atoms with E-state index in [2.05, 4.69) is 61.0 Å². The van der Waals surface area contributed by atoms with E-state index in [0.29, 0.717) is 12.6 Å². The topological polar surface area (TPSA) is 57.8 Å². The number of amides is 1. The fourth-order valence-corrected chi connectivity index (χ4v) is 3.98. The number of nitriles is 1. The van der Waals surface area contributed by atoms with Crippen LogP contribution >= 0.6 is 11.8 Å². The van der Waals surface area contributed by atoms with Crippen molar-refractivity contribution in [2.75, 3.05) is 12.3 Å². The van der Waals surface area contributed by atoms with Crippen molar-refractivity contribution in [3.8, 4) is 6.07 Å². The average Bonchev–Trinajstić information content (AvgIpc) is 3.44. The van der Waals surface area contributed by atoms with Crippen LogP contribution in [-0.4, -0.2) is 22.8 Å². The van der Waals surface area contributed by atoms with Crippen LogP contribution in [0.2, 0.25) is 0 Å². The molecule has 140 valence electrons. The zero-order valence-electron chi connectivity index (χ0n) is 16.1. The van der Waals surface area contributed by atoms with E-state index in [1.165, 1.54) is 29.0 Å². The predicted octanol–water partition coefficient (Wildman–Crippen LogP) is 4.56. The van der Waals surface area contributed by atoms with E-state index >= 15 is 0 Å². The molecule has 1 heterocycles. The van der Waals surface area contributed by atoms with Gasteiger partial charge in [-0.25, -0.2) is 0 Å². The number of aryl methyl sites for hydroxylation is 2. The van der Waals surface area contributed by atoms with Crippen LogP contribution in [-0.2, 0) is 4.79 Å². The highest BCUT2D eigenvalue weighted by atomic mass is 32.2. The summed E-state index contributed by atoms with van der Waals surface area (Å²) >= 11 is 1.69. The molecule has 0 unspecified atom stereocenters. The summed E-state index contributed by atoms with van der Waals surface area (Å²) < 4.78 is 2.32. The molecule has 0 aliphatic heterocycles. The number of thioether (sulfide) groups is 1. The number of nitrogens with one attached hydrogen (secondary N) is 1. The quantitative estimate of drug-likeness (QED) is 0.332. The van der Waals surface area contributed by atoms with Crippen molar-refractivity contribution in [3.05, 3.63) is 58.4 Å². The lowest BCUT2D eigenvalue weighted by Gasteiger charge is -2.07. The van der Waals surface area contributed by atoms with Gasteiger partial charge in [-0.1, -0.05) is 17.7 Å². The Labute approximate surface area is 165 Å². The van der Waals surface area contributed by atoms with Crippen LogP contribution < -0.4 is 5.32 Å². The standard InChI is InChI=1S/C22H25N3OS/c1-15-4-8-21(9-5-15)27-11-10-24-22(26)19(14-23)13-18-12-16(2)25(17(18)3)20-6-7-20/h4-5,8-9,12-13,20H,6-7,10-11H2,1-3H3,(H,24,26). The molecule has 1 aliphatic rings. The molecule has 3 rings (SSSR count). The Morgan fingerprint density at radius 2 is 2.00 bits per heavy atom. The minimum atomic E-state index is -0.307. The molecule has 1 saturated carbocycles. The van der Waals surface area contributed by atoms with Crippen molar-refractivity contribution in [3.63, 3.8) is 0 Å². The maximum Gasteiger partial charge on any atom is 0.261 e. The summed E-state index contributed by atoms with van der Waals surface area (Å²) in [4.78, 5) is 13.5. The summed E-state index contributed by atoms with van der Waals surface area (Å²) in [5.74, 6) is 0.460. The Hall–Kier alpha value is -2.45. The van der Waals surface area contributed by atoms with E-state index in [4.69, 9.17) is 0 Å². The van der Waals surface area contributed by atoms with E-state index < -0.39 is 0 Å². The molecule has 0 spiro atoms. The lowest BCUT2D eigenvalue weighted by atomic mass is 10.1. The molecular weight excluding hydrogens is 354 g/mol. The number of carbonyl (C=O) groups excluding carboxylic acids is 1. The molecule has 0 saturated heterocycles. The first-order valence-corrected chi connectivity index (χ1v) is 10.3. The van der Waals surface area contributed by atoms with Crippen molar-refractivity contribution in [1.82, 2.24) is 9.88 Å². The van der Waals surface area contributed by atoms with Gasteiger partial charge in [0.15, 0.2) is 0 Å². The van der Waals surface area contributed by atoms with Crippen molar-refractivity contribution < 1.29 is 4.79 Å². The normalized spacial score (nSPS) is 14.1. The summed E-state index contributed by atoms with van der Waals surface area (Å²) in [5.41, 5.74) is 4.67. The molecule has 0 radical (unpaired) electrons. The third-order valence-electron chi connectivity index (χ3n) is 4.78. The van der Waals surface area contributed by atoms with Gasteiger partial charge in [0.2, 0.25) is 0 Å². The van der Waals surface area contributed by atoms with Crippen molar-refractivity contribution in [1.29, 1.82) is 5.26 Å². The number of benzene rings is 1. The molecule has 1 N–H and O–H groups in total. The molecule has 1 fully saturated rings. The minimum Gasteiger partial charge on any atom is -0.351 e. The Morgan fingerprint density at radius 1 is 1.30 bits per heavy atom. The van der Waals surface area contributed by atoms with Crippen LogP contribution in [0.4, 0.5) is 0 Å². The molecule has 0 atom stereocenters. The lowest BCUT2D eigenvalue weighted by molar-refractivity contribution is -0.116. The molecule has 1 aromatic carbocycles. The molecule has 0 bridgehead atoms. The average molecular weight is 380 g/mol. The summed E-state index contributed by atoms with van der Waals surface area (Å²) in [6.45, 7) is 6.73. The first-order valence-electron chi connectivity index (χ1n) is 9.27.